The number of nitrogens with zero attached hydrogens (tertiary/aromatic N) is 2. The fraction of sp³-hybridized carbons (Fsp3) is 0.417. The van der Waals surface area contributed by atoms with E-state index in [1.54, 1.807) is 0 Å². The molecular weight excluding hydrogens is 367 g/mol. The molecular formula is C24H29FN2O2. The van der Waals surface area contributed by atoms with Crippen LogP contribution in [-0.4, -0.2) is 54.2 Å². The number of likely N-dealkylation sites (tertiary alicyclic amines) is 1. The monoisotopic (exact) mass is 396 g/mol. The average Bonchev–Trinajstić information content (AvgIpc) is 2.76. The van der Waals surface area contributed by atoms with Gasteiger partial charge in [-0.2, -0.15) is 0 Å². The number of halogens is 1. The van der Waals surface area contributed by atoms with Crippen LogP contribution in [0.15, 0.2) is 54.6 Å². The molecule has 0 saturated carbocycles. The first-order valence-corrected chi connectivity index (χ1v) is 10.3. The van der Waals surface area contributed by atoms with Gasteiger partial charge in [0.1, 0.15) is 5.82 Å². The van der Waals surface area contributed by atoms with Gasteiger partial charge in [0.15, 0.2) is 5.78 Å². The van der Waals surface area contributed by atoms with Gasteiger partial charge < -0.3 is 9.80 Å². The molecule has 0 N–H and O–H groups in total. The van der Waals surface area contributed by atoms with Crippen LogP contribution >= 0.6 is 0 Å². The van der Waals surface area contributed by atoms with Crippen molar-refractivity contribution in [3.63, 3.8) is 0 Å². The minimum atomic E-state index is -0.369. The molecule has 0 bridgehead atoms. The summed E-state index contributed by atoms with van der Waals surface area (Å²) in [4.78, 5) is 29.1. The van der Waals surface area contributed by atoms with Gasteiger partial charge in [-0.3, -0.25) is 9.59 Å². The molecule has 0 radical (unpaired) electrons. The zero-order valence-corrected chi connectivity index (χ0v) is 17.0. The van der Waals surface area contributed by atoms with Gasteiger partial charge in [-0.1, -0.05) is 30.3 Å². The molecule has 5 heteroatoms. The molecule has 1 atom stereocenters. The number of carbonyl (C=O) groups is 2. The summed E-state index contributed by atoms with van der Waals surface area (Å²) in [5.74, 6) is -0.498. The average molecular weight is 397 g/mol. The zero-order chi connectivity index (χ0) is 20.6. The molecule has 1 aliphatic heterocycles. The molecule has 2 aromatic carbocycles. The first kappa shape index (κ1) is 21.2. The van der Waals surface area contributed by atoms with E-state index in [1.165, 1.54) is 29.8 Å². The molecule has 0 unspecified atom stereocenters. The van der Waals surface area contributed by atoms with E-state index in [-0.39, 0.29) is 36.4 Å². The topological polar surface area (TPSA) is 40.6 Å². The Kier molecular flexibility index (Phi) is 7.53. The summed E-state index contributed by atoms with van der Waals surface area (Å²) >= 11 is 0. The van der Waals surface area contributed by atoms with Gasteiger partial charge in [-0.15, -0.1) is 0 Å². The molecule has 154 valence electrons. The Morgan fingerprint density at radius 1 is 1.07 bits per heavy atom. The van der Waals surface area contributed by atoms with Crippen molar-refractivity contribution in [2.75, 3.05) is 26.7 Å². The third-order valence-electron chi connectivity index (χ3n) is 5.71. The fourth-order valence-corrected chi connectivity index (χ4v) is 3.86. The van der Waals surface area contributed by atoms with Gasteiger partial charge in [0.2, 0.25) is 5.91 Å². The van der Waals surface area contributed by atoms with Gasteiger partial charge in [-0.25, -0.2) is 4.39 Å². The maximum absolute atomic E-state index is 13.0. The van der Waals surface area contributed by atoms with Crippen LogP contribution < -0.4 is 0 Å². The molecule has 4 nitrogen and oxygen atoms in total. The summed E-state index contributed by atoms with van der Waals surface area (Å²) in [6.45, 7) is 2.93. The van der Waals surface area contributed by atoms with Crippen LogP contribution in [-0.2, 0) is 11.2 Å². The first-order chi connectivity index (χ1) is 14.0. The summed E-state index contributed by atoms with van der Waals surface area (Å²) in [6, 6.07) is 16.1. The van der Waals surface area contributed by atoms with E-state index in [0.29, 0.717) is 5.56 Å². The number of Topliss-reactive ketones (excluding diaryl/α,β-unsaturated/α-hetero) is 1. The highest BCUT2D eigenvalue weighted by atomic mass is 19.1. The van der Waals surface area contributed by atoms with Crippen LogP contribution in [0.1, 0.15) is 41.6 Å². The van der Waals surface area contributed by atoms with Gasteiger partial charge >= 0.3 is 0 Å². The van der Waals surface area contributed by atoms with Crippen molar-refractivity contribution in [3.8, 4) is 0 Å². The minimum Gasteiger partial charge on any atom is -0.341 e. The third kappa shape index (κ3) is 6.23. The molecule has 1 aliphatic rings. The number of ketones is 1. The number of benzene rings is 2. The van der Waals surface area contributed by atoms with Crippen molar-refractivity contribution in [2.45, 2.75) is 38.1 Å². The van der Waals surface area contributed by atoms with E-state index in [2.05, 4.69) is 29.2 Å². The summed E-state index contributed by atoms with van der Waals surface area (Å²) < 4.78 is 13.0. The van der Waals surface area contributed by atoms with Crippen LogP contribution in [0.5, 0.6) is 0 Å². The Labute approximate surface area is 172 Å². The molecule has 0 aliphatic carbocycles. The summed E-state index contributed by atoms with van der Waals surface area (Å²) in [5, 5.41) is 0. The lowest BCUT2D eigenvalue weighted by molar-refractivity contribution is -0.133. The maximum atomic E-state index is 13.0. The number of hydrogen-bond acceptors (Lipinski definition) is 3. The molecule has 3 rings (SSSR count). The summed E-state index contributed by atoms with van der Waals surface area (Å²) in [5.41, 5.74) is 1.78. The fourth-order valence-electron chi connectivity index (χ4n) is 3.86. The third-order valence-corrected chi connectivity index (χ3v) is 5.71. The van der Waals surface area contributed by atoms with Gasteiger partial charge in [0.05, 0.1) is 0 Å². The second-order valence-corrected chi connectivity index (χ2v) is 7.77. The van der Waals surface area contributed by atoms with Crippen molar-refractivity contribution in [1.82, 2.24) is 9.80 Å². The number of rotatable bonds is 8. The van der Waals surface area contributed by atoms with Gasteiger partial charge in [0, 0.05) is 44.6 Å². The molecule has 1 heterocycles. The second-order valence-electron chi connectivity index (χ2n) is 7.77. The number of hydrogen-bond donors (Lipinski definition) is 0. The summed E-state index contributed by atoms with van der Waals surface area (Å²) in [7, 11) is 1.84. The Morgan fingerprint density at radius 2 is 1.79 bits per heavy atom. The lowest BCUT2D eigenvalue weighted by atomic mass is 10.0. The highest BCUT2D eigenvalue weighted by molar-refractivity contribution is 5.97. The lowest BCUT2D eigenvalue weighted by Crippen LogP contribution is -2.49. The van der Waals surface area contributed by atoms with E-state index in [9.17, 15) is 14.0 Å². The SMILES string of the molecule is CN(C(=O)CCC(=O)c1ccc(F)cc1)[C@H]1CCCN(CCc2ccccc2)C1. The lowest BCUT2D eigenvalue weighted by Gasteiger charge is -2.37. The number of carbonyl (C=O) groups excluding carboxylic acids is 2. The van der Waals surface area contributed by atoms with Gasteiger partial charge in [0.25, 0.3) is 0 Å². The molecule has 0 spiro atoms. The van der Waals surface area contributed by atoms with Gasteiger partial charge in [-0.05, 0) is 55.6 Å². The molecule has 1 saturated heterocycles. The largest absolute Gasteiger partial charge is 0.341 e. The molecule has 1 amide bonds. The van der Waals surface area contributed by atoms with Crippen molar-refractivity contribution < 1.29 is 14.0 Å². The van der Waals surface area contributed by atoms with Crippen molar-refractivity contribution in [3.05, 3.63) is 71.5 Å². The van der Waals surface area contributed by atoms with Crippen LogP contribution in [0.25, 0.3) is 0 Å². The smallest absolute Gasteiger partial charge is 0.223 e. The Bertz CT molecular complexity index is 807. The minimum absolute atomic E-state index is 0.00429. The Morgan fingerprint density at radius 3 is 2.52 bits per heavy atom. The van der Waals surface area contributed by atoms with Crippen molar-refractivity contribution in [2.24, 2.45) is 0 Å². The number of piperidine rings is 1. The second kappa shape index (κ2) is 10.3. The van der Waals surface area contributed by atoms with E-state index < -0.39 is 0 Å². The summed E-state index contributed by atoms with van der Waals surface area (Å²) in [6.07, 6.45) is 3.42. The standard InChI is InChI=1S/C24H29FN2O2/c1-26(24(29)14-13-23(28)20-9-11-21(25)12-10-20)22-8-5-16-27(18-22)17-15-19-6-3-2-4-7-19/h2-4,6-7,9-12,22H,5,8,13-18H2,1H3/t22-/m0/s1. The number of likely N-dealkylation sites (N-methyl/N-ethyl adjacent to an activating group) is 1. The molecule has 0 aromatic heterocycles. The van der Waals surface area contributed by atoms with Crippen LogP contribution in [0, 0.1) is 5.82 Å². The van der Waals surface area contributed by atoms with Crippen LogP contribution in [0.4, 0.5) is 4.39 Å². The van der Waals surface area contributed by atoms with E-state index in [0.717, 1.165) is 38.9 Å². The highest BCUT2D eigenvalue weighted by Gasteiger charge is 2.26. The molecule has 1 fully saturated rings. The zero-order valence-electron chi connectivity index (χ0n) is 17.0. The predicted octanol–water partition coefficient (Wildman–Crippen LogP) is 3.95. The van der Waals surface area contributed by atoms with E-state index >= 15 is 0 Å². The van der Waals surface area contributed by atoms with E-state index in [4.69, 9.17) is 0 Å². The maximum Gasteiger partial charge on any atom is 0.223 e. The van der Waals surface area contributed by atoms with E-state index in [1.807, 2.05) is 18.0 Å². The Balaban J connectivity index is 1.45. The predicted molar refractivity (Wildman–Crippen MR) is 112 cm³/mol. The van der Waals surface area contributed by atoms with Crippen LogP contribution in [0.3, 0.4) is 0 Å². The van der Waals surface area contributed by atoms with Crippen molar-refractivity contribution >= 4 is 11.7 Å². The molecule has 29 heavy (non-hydrogen) atoms. The first-order valence-electron chi connectivity index (χ1n) is 10.3. The normalized spacial score (nSPS) is 17.1. The Hall–Kier alpha value is -2.53. The van der Waals surface area contributed by atoms with Crippen LogP contribution in [0.2, 0.25) is 0 Å². The molecule has 2 aromatic rings. The number of amides is 1. The highest BCUT2D eigenvalue weighted by Crippen LogP contribution is 2.17. The van der Waals surface area contributed by atoms with Crippen molar-refractivity contribution in [1.29, 1.82) is 0 Å². The quantitative estimate of drug-likeness (QED) is 0.635.